The first-order valence-electron chi connectivity index (χ1n) is 6.54. The minimum absolute atomic E-state index is 0.00517. The number of amides is 1. The van der Waals surface area contributed by atoms with Crippen LogP contribution in [0.25, 0.3) is 0 Å². The Labute approximate surface area is 130 Å². The molecule has 5 nitrogen and oxygen atoms in total. The van der Waals surface area contributed by atoms with Gasteiger partial charge in [0, 0.05) is 16.2 Å². The number of hydrogen-bond acceptors (Lipinski definition) is 4. The summed E-state index contributed by atoms with van der Waals surface area (Å²) >= 11 is 0. The van der Waals surface area contributed by atoms with E-state index >= 15 is 0 Å². The Kier molecular flexibility index (Phi) is 5.64. The van der Waals surface area contributed by atoms with Gasteiger partial charge in [0.1, 0.15) is 5.75 Å². The van der Waals surface area contributed by atoms with E-state index in [4.69, 9.17) is 15.4 Å². The van der Waals surface area contributed by atoms with E-state index in [1.807, 2.05) is 20.8 Å². The summed E-state index contributed by atoms with van der Waals surface area (Å²) in [7, 11) is 1.50. The van der Waals surface area contributed by atoms with Gasteiger partial charge in [0.25, 0.3) is 15.0 Å². The number of ether oxygens (including phenoxy) is 1. The predicted molar refractivity (Wildman–Crippen MR) is 82.2 cm³/mol. The van der Waals surface area contributed by atoms with Gasteiger partial charge in [0.05, 0.1) is 4.90 Å². The molecule has 0 aliphatic carbocycles. The van der Waals surface area contributed by atoms with Crippen molar-refractivity contribution in [3.63, 3.8) is 0 Å². The Morgan fingerprint density at radius 3 is 2.48 bits per heavy atom. The molecule has 0 aliphatic heterocycles. The summed E-state index contributed by atoms with van der Waals surface area (Å²) < 4.78 is 27.8. The van der Waals surface area contributed by atoms with E-state index in [0.717, 1.165) is 6.42 Å². The molecule has 118 valence electrons. The van der Waals surface area contributed by atoms with Gasteiger partial charge in [-0.3, -0.25) is 4.79 Å². The third-order valence-electron chi connectivity index (χ3n) is 3.15. The molecule has 1 aromatic rings. The number of halogens is 1. The molecule has 0 fully saturated rings. The predicted octanol–water partition coefficient (Wildman–Crippen LogP) is 2.61. The van der Waals surface area contributed by atoms with E-state index < -0.39 is 9.05 Å². The van der Waals surface area contributed by atoms with Crippen LogP contribution in [-0.4, -0.2) is 26.5 Å². The first-order chi connectivity index (χ1) is 9.55. The summed E-state index contributed by atoms with van der Waals surface area (Å²) in [6.45, 7) is 7.40. The normalized spacial score (nSPS) is 12.0. The fourth-order valence-electron chi connectivity index (χ4n) is 1.58. The second-order valence-corrected chi connectivity index (χ2v) is 8.01. The van der Waals surface area contributed by atoms with Gasteiger partial charge >= 0.3 is 0 Å². The molecule has 21 heavy (non-hydrogen) atoms. The summed E-state index contributed by atoms with van der Waals surface area (Å²) in [5.41, 5.74) is 0.311. The topological polar surface area (TPSA) is 72.5 Å². The van der Waals surface area contributed by atoms with E-state index in [1.54, 1.807) is 6.92 Å². The van der Waals surface area contributed by atoms with Gasteiger partial charge in [-0.05, 0) is 51.0 Å². The van der Waals surface area contributed by atoms with Crippen LogP contribution in [0.3, 0.4) is 0 Å². The van der Waals surface area contributed by atoms with Crippen LogP contribution < -0.4 is 10.1 Å². The molecular formula is C14H20ClNO4S. The molecule has 0 spiro atoms. The Morgan fingerprint density at radius 2 is 2.00 bits per heavy atom. The zero-order chi connectivity index (χ0) is 16.3. The number of rotatable bonds is 6. The van der Waals surface area contributed by atoms with Gasteiger partial charge in [0.15, 0.2) is 6.61 Å². The van der Waals surface area contributed by atoms with Crippen molar-refractivity contribution in [2.75, 3.05) is 6.61 Å². The summed E-state index contributed by atoms with van der Waals surface area (Å²) in [5, 5.41) is 2.85. The number of nitrogens with one attached hydrogen (secondary N) is 1. The van der Waals surface area contributed by atoms with Crippen LogP contribution in [-0.2, 0) is 13.8 Å². The van der Waals surface area contributed by atoms with Crippen molar-refractivity contribution in [3.8, 4) is 5.75 Å². The molecule has 0 bridgehead atoms. The van der Waals surface area contributed by atoms with Gasteiger partial charge < -0.3 is 10.1 Å². The molecule has 7 heteroatoms. The highest BCUT2D eigenvalue weighted by molar-refractivity contribution is 8.13. The van der Waals surface area contributed by atoms with Crippen molar-refractivity contribution in [2.24, 2.45) is 0 Å². The quantitative estimate of drug-likeness (QED) is 0.812. The molecule has 0 aliphatic rings. The smallest absolute Gasteiger partial charge is 0.261 e. The van der Waals surface area contributed by atoms with Crippen LogP contribution in [0.2, 0.25) is 0 Å². The van der Waals surface area contributed by atoms with Crippen molar-refractivity contribution in [1.82, 2.24) is 5.32 Å². The minimum Gasteiger partial charge on any atom is -0.484 e. The van der Waals surface area contributed by atoms with E-state index in [2.05, 4.69) is 5.32 Å². The second-order valence-electron chi connectivity index (χ2n) is 5.44. The summed E-state index contributed by atoms with van der Waals surface area (Å²) in [5.74, 6) is 0.221. The molecule has 0 radical (unpaired) electrons. The summed E-state index contributed by atoms with van der Waals surface area (Å²) in [6.07, 6.45) is 0.806. The van der Waals surface area contributed by atoms with Crippen molar-refractivity contribution in [1.29, 1.82) is 0 Å². The van der Waals surface area contributed by atoms with Crippen molar-refractivity contribution < 1.29 is 17.9 Å². The molecule has 0 atom stereocenters. The first-order valence-corrected chi connectivity index (χ1v) is 8.85. The highest BCUT2D eigenvalue weighted by atomic mass is 35.7. The largest absolute Gasteiger partial charge is 0.484 e. The molecular weight excluding hydrogens is 314 g/mol. The lowest BCUT2D eigenvalue weighted by molar-refractivity contribution is -0.124. The Morgan fingerprint density at radius 1 is 1.38 bits per heavy atom. The molecule has 0 aromatic heterocycles. The van der Waals surface area contributed by atoms with E-state index in [1.165, 1.54) is 18.2 Å². The number of aryl methyl sites for hydroxylation is 1. The highest BCUT2D eigenvalue weighted by Crippen LogP contribution is 2.23. The lowest BCUT2D eigenvalue weighted by Gasteiger charge is -2.24. The lowest BCUT2D eigenvalue weighted by atomic mass is 10.0. The first kappa shape index (κ1) is 17.8. The zero-order valence-corrected chi connectivity index (χ0v) is 14.1. The molecule has 1 rings (SSSR count). The molecule has 1 N–H and O–H groups in total. The lowest BCUT2D eigenvalue weighted by Crippen LogP contribution is -2.44. The average molecular weight is 334 g/mol. The number of carbonyl (C=O) groups excluding carboxylic acids is 1. The van der Waals surface area contributed by atoms with E-state index in [9.17, 15) is 13.2 Å². The third-order valence-corrected chi connectivity index (χ3v) is 4.50. The maximum absolute atomic E-state index is 11.8. The number of benzene rings is 1. The highest BCUT2D eigenvalue weighted by Gasteiger charge is 2.18. The van der Waals surface area contributed by atoms with Crippen molar-refractivity contribution in [2.45, 2.75) is 44.6 Å². The fourth-order valence-corrected chi connectivity index (χ4v) is 2.42. The third kappa shape index (κ3) is 5.55. The van der Waals surface area contributed by atoms with Gasteiger partial charge in [-0.1, -0.05) is 6.92 Å². The standard InChI is InChI=1S/C14H20ClNO4S/c1-5-14(3,4)16-13(17)9-20-12-7-6-11(8-10(12)2)21(15,18)19/h6-8H,5,9H2,1-4H3,(H,16,17). The molecule has 1 aromatic carbocycles. The maximum Gasteiger partial charge on any atom is 0.261 e. The second kappa shape index (κ2) is 6.66. The SMILES string of the molecule is CCC(C)(C)NC(=O)COc1ccc(S(=O)(=O)Cl)cc1C. The van der Waals surface area contributed by atoms with Gasteiger partial charge in [-0.15, -0.1) is 0 Å². The van der Waals surface area contributed by atoms with Crippen LogP contribution in [0.5, 0.6) is 5.75 Å². The zero-order valence-electron chi connectivity index (χ0n) is 12.6. The van der Waals surface area contributed by atoms with Crippen LogP contribution >= 0.6 is 10.7 Å². The minimum atomic E-state index is -3.76. The number of carbonyl (C=O) groups is 1. The Balaban J connectivity index is 2.71. The van der Waals surface area contributed by atoms with Crippen LogP contribution in [0.15, 0.2) is 23.1 Å². The van der Waals surface area contributed by atoms with Crippen LogP contribution in [0.1, 0.15) is 32.8 Å². The Bertz CT molecular complexity index is 626. The van der Waals surface area contributed by atoms with Gasteiger partial charge in [-0.25, -0.2) is 8.42 Å². The molecule has 0 saturated carbocycles. The van der Waals surface area contributed by atoms with Crippen LogP contribution in [0, 0.1) is 6.92 Å². The van der Waals surface area contributed by atoms with Crippen molar-refractivity contribution >= 4 is 25.6 Å². The fraction of sp³-hybridized carbons (Fsp3) is 0.500. The van der Waals surface area contributed by atoms with Crippen molar-refractivity contribution in [3.05, 3.63) is 23.8 Å². The van der Waals surface area contributed by atoms with E-state index in [0.29, 0.717) is 11.3 Å². The van der Waals surface area contributed by atoms with Gasteiger partial charge in [0.2, 0.25) is 0 Å². The van der Waals surface area contributed by atoms with Gasteiger partial charge in [-0.2, -0.15) is 0 Å². The molecule has 0 unspecified atom stereocenters. The molecule has 1 amide bonds. The van der Waals surface area contributed by atoms with E-state index in [-0.39, 0.29) is 22.9 Å². The molecule has 0 heterocycles. The number of hydrogen-bond donors (Lipinski definition) is 1. The molecule has 0 saturated heterocycles. The maximum atomic E-state index is 11.8. The average Bonchev–Trinajstić information content (AvgIpc) is 2.35. The summed E-state index contributed by atoms with van der Waals surface area (Å²) in [4.78, 5) is 11.8. The summed E-state index contributed by atoms with van der Waals surface area (Å²) in [6, 6.07) is 4.24. The monoisotopic (exact) mass is 333 g/mol. The Hall–Kier alpha value is -1.27. The van der Waals surface area contributed by atoms with Crippen LogP contribution in [0.4, 0.5) is 0 Å².